The highest BCUT2D eigenvalue weighted by atomic mass is 16.5. The van der Waals surface area contributed by atoms with E-state index in [0.29, 0.717) is 39.3 Å². The Morgan fingerprint density at radius 1 is 0.941 bits per heavy atom. The van der Waals surface area contributed by atoms with Gasteiger partial charge in [-0.3, -0.25) is 0 Å². The van der Waals surface area contributed by atoms with Crippen molar-refractivity contribution in [3.8, 4) is 0 Å². The molecule has 0 radical (unpaired) electrons. The lowest BCUT2D eigenvalue weighted by molar-refractivity contribution is 0.0555. The van der Waals surface area contributed by atoms with Crippen LogP contribution in [-0.4, -0.2) is 52.6 Å². The molecule has 0 amide bonds. The van der Waals surface area contributed by atoms with E-state index in [-0.39, 0.29) is 11.1 Å². The first kappa shape index (κ1) is 27.0. The Morgan fingerprint density at radius 3 is 2.06 bits per heavy atom. The Balaban J connectivity index is 2.17. The number of methoxy groups -OCH3 is 2. The monoisotopic (exact) mass is 466 g/mol. The highest BCUT2D eigenvalue weighted by Gasteiger charge is 2.21. The molecule has 0 bridgehead atoms. The van der Waals surface area contributed by atoms with Gasteiger partial charge in [-0.05, 0) is 60.1 Å². The minimum absolute atomic E-state index is 0.171. The Kier molecular flexibility index (Phi) is 11.8. The normalized spacial score (nSPS) is 13.2. The van der Waals surface area contributed by atoms with Crippen molar-refractivity contribution in [2.45, 2.75) is 25.7 Å². The molecule has 0 aromatic heterocycles. The zero-order valence-electron chi connectivity index (χ0n) is 20.1. The van der Waals surface area contributed by atoms with Gasteiger partial charge in [0.1, 0.15) is 0 Å². The van der Waals surface area contributed by atoms with E-state index in [9.17, 15) is 9.59 Å². The summed E-state index contributed by atoms with van der Waals surface area (Å²) in [5.41, 5.74) is 4.23. The number of benzene rings is 1. The molecule has 0 aliphatic heterocycles. The van der Waals surface area contributed by atoms with Crippen LogP contribution in [0.15, 0.2) is 72.9 Å². The molecule has 0 saturated carbocycles. The molecule has 0 N–H and O–H groups in total. The van der Waals surface area contributed by atoms with Crippen LogP contribution in [-0.2, 0) is 31.8 Å². The molecular formula is C28H34O6. The van der Waals surface area contributed by atoms with E-state index in [4.69, 9.17) is 18.9 Å². The van der Waals surface area contributed by atoms with Gasteiger partial charge < -0.3 is 18.9 Å². The first-order valence-corrected chi connectivity index (χ1v) is 11.3. The van der Waals surface area contributed by atoms with Gasteiger partial charge in [0.05, 0.1) is 51.8 Å². The molecule has 1 aliphatic rings. The van der Waals surface area contributed by atoms with Crippen molar-refractivity contribution in [1.82, 2.24) is 0 Å². The van der Waals surface area contributed by atoms with Crippen molar-refractivity contribution in [3.05, 3.63) is 95.1 Å². The minimum atomic E-state index is -0.593. The first-order valence-electron chi connectivity index (χ1n) is 11.3. The molecule has 0 atom stereocenters. The van der Waals surface area contributed by atoms with Crippen LogP contribution in [0.3, 0.4) is 0 Å². The van der Waals surface area contributed by atoms with E-state index >= 15 is 0 Å². The summed E-state index contributed by atoms with van der Waals surface area (Å²) in [6.07, 6.45) is 14.9. The zero-order valence-corrected chi connectivity index (χ0v) is 20.1. The second-order valence-corrected chi connectivity index (χ2v) is 7.70. The molecule has 0 spiro atoms. The summed E-state index contributed by atoms with van der Waals surface area (Å²) in [6.45, 7) is 9.29. The molecular weight excluding hydrogens is 432 g/mol. The summed E-state index contributed by atoms with van der Waals surface area (Å²) < 4.78 is 21.4. The van der Waals surface area contributed by atoms with Crippen molar-refractivity contribution in [2.24, 2.45) is 0 Å². The minimum Gasteiger partial charge on any atom is -0.465 e. The Hall–Kier alpha value is -3.22. The number of allylic oxidation sites excluding steroid dienone is 4. The number of hydrogen-bond donors (Lipinski definition) is 0. The van der Waals surface area contributed by atoms with Crippen molar-refractivity contribution >= 4 is 11.9 Å². The SMILES string of the molecule is C=C/C=C(\C=C)COCCc1cc(C(=O)OC)c(C(=O)OC)cc1CCOCC1=CCCC=C1. The zero-order chi connectivity index (χ0) is 24.8. The molecule has 0 heterocycles. The number of carbonyl (C=O) groups excluding carboxylic acids is 2. The largest absolute Gasteiger partial charge is 0.465 e. The van der Waals surface area contributed by atoms with Crippen molar-refractivity contribution < 1.29 is 28.5 Å². The molecule has 2 rings (SSSR count). The van der Waals surface area contributed by atoms with E-state index in [1.54, 1.807) is 24.3 Å². The third-order valence-corrected chi connectivity index (χ3v) is 5.39. The predicted molar refractivity (Wildman–Crippen MR) is 133 cm³/mol. The summed E-state index contributed by atoms with van der Waals surface area (Å²) in [5.74, 6) is -1.18. The molecule has 0 saturated heterocycles. The first-order chi connectivity index (χ1) is 16.5. The van der Waals surface area contributed by atoms with Gasteiger partial charge >= 0.3 is 11.9 Å². The van der Waals surface area contributed by atoms with Crippen LogP contribution >= 0.6 is 0 Å². The van der Waals surface area contributed by atoms with Crippen LogP contribution < -0.4 is 0 Å². The van der Waals surface area contributed by atoms with Gasteiger partial charge in [0.15, 0.2) is 0 Å². The third kappa shape index (κ3) is 8.28. The molecule has 34 heavy (non-hydrogen) atoms. The maximum absolute atomic E-state index is 12.4. The number of esters is 2. The summed E-state index contributed by atoms with van der Waals surface area (Å²) in [6, 6.07) is 3.39. The van der Waals surface area contributed by atoms with E-state index in [2.05, 4.69) is 31.4 Å². The van der Waals surface area contributed by atoms with Crippen LogP contribution in [0.2, 0.25) is 0 Å². The maximum atomic E-state index is 12.4. The Bertz CT molecular complexity index is 967. The van der Waals surface area contributed by atoms with E-state index in [0.717, 1.165) is 29.5 Å². The average Bonchev–Trinajstić information content (AvgIpc) is 2.88. The topological polar surface area (TPSA) is 71.1 Å². The predicted octanol–water partition coefficient (Wildman–Crippen LogP) is 4.95. The van der Waals surface area contributed by atoms with Crippen molar-refractivity contribution in [3.63, 3.8) is 0 Å². The summed E-state index contributed by atoms with van der Waals surface area (Å²) in [5, 5.41) is 0. The molecule has 1 aliphatic carbocycles. The van der Waals surface area contributed by atoms with Crippen LogP contribution in [0.4, 0.5) is 0 Å². The fraction of sp³-hybridized carbons (Fsp3) is 0.357. The van der Waals surface area contributed by atoms with E-state index < -0.39 is 11.9 Å². The number of rotatable bonds is 14. The summed E-state index contributed by atoms with van der Waals surface area (Å²) in [4.78, 5) is 24.7. The van der Waals surface area contributed by atoms with Crippen molar-refractivity contribution in [1.29, 1.82) is 0 Å². The summed E-state index contributed by atoms with van der Waals surface area (Å²) in [7, 11) is 2.57. The molecule has 1 aromatic rings. The van der Waals surface area contributed by atoms with Gasteiger partial charge in [0, 0.05) is 0 Å². The van der Waals surface area contributed by atoms with Gasteiger partial charge in [-0.15, -0.1) is 0 Å². The average molecular weight is 467 g/mol. The van der Waals surface area contributed by atoms with Gasteiger partial charge in [0.25, 0.3) is 0 Å². The molecule has 6 nitrogen and oxygen atoms in total. The molecule has 0 fully saturated rings. The molecule has 182 valence electrons. The second kappa shape index (κ2) is 14.8. The third-order valence-electron chi connectivity index (χ3n) is 5.39. The van der Waals surface area contributed by atoms with Gasteiger partial charge in [0.2, 0.25) is 0 Å². The molecule has 1 aromatic carbocycles. The van der Waals surface area contributed by atoms with Crippen molar-refractivity contribution in [2.75, 3.05) is 40.6 Å². The quantitative estimate of drug-likeness (QED) is 0.219. The molecule has 6 heteroatoms. The highest BCUT2D eigenvalue weighted by molar-refractivity contribution is 6.03. The number of ether oxygens (including phenoxy) is 4. The van der Waals surface area contributed by atoms with Crippen LogP contribution in [0, 0.1) is 0 Å². The van der Waals surface area contributed by atoms with Gasteiger partial charge in [-0.1, -0.05) is 49.6 Å². The Morgan fingerprint density at radius 2 is 1.56 bits per heavy atom. The molecule has 0 unspecified atom stereocenters. The fourth-order valence-corrected chi connectivity index (χ4v) is 3.56. The van der Waals surface area contributed by atoms with Gasteiger partial charge in [-0.2, -0.15) is 0 Å². The lowest BCUT2D eigenvalue weighted by atomic mass is 9.94. The lowest BCUT2D eigenvalue weighted by Gasteiger charge is -2.16. The fourth-order valence-electron chi connectivity index (χ4n) is 3.56. The summed E-state index contributed by atoms with van der Waals surface area (Å²) >= 11 is 0. The van der Waals surface area contributed by atoms with Crippen LogP contribution in [0.1, 0.15) is 44.7 Å². The standard InChI is InChI=1S/C28H34O6/c1-5-10-21(6-2)19-33-15-13-23-17-25(27(29)31-3)26(28(30)32-4)18-24(23)14-16-34-20-22-11-8-7-9-12-22/h5-6,8,10-12,17-18H,1-2,7,9,13-16,19-20H2,3-4H3/b21-10+. The highest BCUT2D eigenvalue weighted by Crippen LogP contribution is 2.21. The van der Waals surface area contributed by atoms with E-state index in [1.165, 1.54) is 19.8 Å². The second-order valence-electron chi connectivity index (χ2n) is 7.70. The Labute approximate surface area is 202 Å². The maximum Gasteiger partial charge on any atom is 0.338 e. The van der Waals surface area contributed by atoms with Gasteiger partial charge in [-0.25, -0.2) is 9.59 Å². The van der Waals surface area contributed by atoms with E-state index in [1.807, 2.05) is 6.08 Å². The van der Waals surface area contributed by atoms with Crippen LogP contribution in [0.25, 0.3) is 0 Å². The van der Waals surface area contributed by atoms with Crippen LogP contribution in [0.5, 0.6) is 0 Å². The number of carbonyl (C=O) groups is 2. The smallest absolute Gasteiger partial charge is 0.338 e. The number of hydrogen-bond acceptors (Lipinski definition) is 6. The lowest BCUT2D eigenvalue weighted by Crippen LogP contribution is -2.15.